The molecule has 1 aromatic carbocycles. The summed E-state index contributed by atoms with van der Waals surface area (Å²) in [6.07, 6.45) is 2.99. The zero-order valence-electron chi connectivity index (χ0n) is 11.7. The zero-order valence-corrected chi connectivity index (χ0v) is 12.6. The highest BCUT2D eigenvalue weighted by Crippen LogP contribution is 2.16. The summed E-state index contributed by atoms with van der Waals surface area (Å²) in [5, 5.41) is 3.99. The topological polar surface area (TPSA) is 76.9 Å². The van der Waals surface area contributed by atoms with Crippen LogP contribution in [0.3, 0.4) is 0 Å². The molecule has 6 nitrogen and oxygen atoms in total. The molecule has 0 bridgehead atoms. The van der Waals surface area contributed by atoms with Crippen LogP contribution < -0.4 is 4.72 Å². The van der Waals surface area contributed by atoms with Crippen LogP contribution in [-0.4, -0.2) is 29.7 Å². The Kier molecular flexibility index (Phi) is 4.20. The van der Waals surface area contributed by atoms with E-state index in [-0.39, 0.29) is 12.6 Å². The predicted octanol–water partition coefficient (Wildman–Crippen LogP) is 1.43. The molecule has 0 aliphatic rings. The van der Waals surface area contributed by atoms with Crippen molar-refractivity contribution in [3.8, 4) is 0 Å². The van der Waals surface area contributed by atoms with E-state index in [9.17, 15) is 8.42 Å². The van der Waals surface area contributed by atoms with Gasteiger partial charge in [-0.3, -0.25) is 0 Å². The highest BCUT2D eigenvalue weighted by atomic mass is 32.2. The smallest absolute Gasteiger partial charge is 0.240 e. The minimum atomic E-state index is -3.51. The first-order valence-corrected chi connectivity index (χ1v) is 7.79. The molecule has 0 aliphatic heterocycles. The van der Waals surface area contributed by atoms with Crippen molar-refractivity contribution in [2.45, 2.75) is 31.7 Å². The van der Waals surface area contributed by atoms with Gasteiger partial charge in [-0.1, -0.05) is 17.7 Å². The first-order chi connectivity index (χ1) is 9.40. The van der Waals surface area contributed by atoms with Crippen LogP contribution in [0.4, 0.5) is 0 Å². The standard InChI is InChI=1S/C13H18N4O2S/c1-10-4-5-13(11(2)6-10)20(18,19)16-7-12(3)17-9-14-8-15-17/h4-6,8-9,12,16H,7H2,1-3H3. The van der Waals surface area contributed by atoms with Gasteiger partial charge in [0.2, 0.25) is 10.0 Å². The molecule has 0 amide bonds. The zero-order chi connectivity index (χ0) is 14.8. The van der Waals surface area contributed by atoms with Gasteiger partial charge in [0, 0.05) is 6.54 Å². The summed E-state index contributed by atoms with van der Waals surface area (Å²) in [6, 6.07) is 5.18. The second-order valence-corrected chi connectivity index (χ2v) is 6.58. The molecule has 1 heterocycles. The molecule has 2 rings (SSSR count). The van der Waals surface area contributed by atoms with Crippen molar-refractivity contribution in [3.05, 3.63) is 42.0 Å². The molecule has 1 N–H and O–H groups in total. The highest BCUT2D eigenvalue weighted by Gasteiger charge is 2.18. The van der Waals surface area contributed by atoms with Crippen molar-refractivity contribution in [2.24, 2.45) is 0 Å². The molecule has 108 valence electrons. The van der Waals surface area contributed by atoms with Crippen LogP contribution in [0.2, 0.25) is 0 Å². The SMILES string of the molecule is Cc1ccc(S(=O)(=O)NCC(C)n2cncn2)c(C)c1. The fourth-order valence-corrected chi connectivity index (χ4v) is 3.29. The van der Waals surface area contributed by atoms with E-state index in [1.165, 1.54) is 6.33 Å². The van der Waals surface area contributed by atoms with E-state index >= 15 is 0 Å². The summed E-state index contributed by atoms with van der Waals surface area (Å²) in [5.74, 6) is 0. The lowest BCUT2D eigenvalue weighted by atomic mass is 10.2. The maximum absolute atomic E-state index is 12.3. The van der Waals surface area contributed by atoms with E-state index in [1.54, 1.807) is 30.1 Å². The Hall–Kier alpha value is -1.73. The van der Waals surface area contributed by atoms with Crippen LogP contribution in [0.1, 0.15) is 24.1 Å². The van der Waals surface area contributed by atoms with Crippen molar-refractivity contribution in [1.29, 1.82) is 0 Å². The van der Waals surface area contributed by atoms with Gasteiger partial charge in [0.25, 0.3) is 0 Å². The van der Waals surface area contributed by atoms with Gasteiger partial charge in [0.1, 0.15) is 12.7 Å². The normalized spacial score (nSPS) is 13.3. The lowest BCUT2D eigenvalue weighted by molar-refractivity contribution is 0.477. The molecule has 1 atom stereocenters. The molecule has 7 heteroatoms. The molecule has 0 saturated carbocycles. The lowest BCUT2D eigenvalue weighted by Gasteiger charge is -2.14. The van der Waals surface area contributed by atoms with E-state index in [0.29, 0.717) is 4.90 Å². The van der Waals surface area contributed by atoms with Crippen molar-refractivity contribution in [3.63, 3.8) is 0 Å². The minimum absolute atomic E-state index is 0.0990. The predicted molar refractivity (Wildman–Crippen MR) is 75.8 cm³/mol. The van der Waals surface area contributed by atoms with E-state index < -0.39 is 10.0 Å². The Bertz CT molecular complexity index is 680. The fourth-order valence-electron chi connectivity index (χ4n) is 1.95. The number of aryl methyl sites for hydroxylation is 2. The first kappa shape index (κ1) is 14.7. The van der Waals surface area contributed by atoms with Crippen LogP contribution in [0, 0.1) is 13.8 Å². The lowest BCUT2D eigenvalue weighted by Crippen LogP contribution is -2.30. The van der Waals surface area contributed by atoms with Crippen molar-refractivity contribution in [1.82, 2.24) is 19.5 Å². The van der Waals surface area contributed by atoms with Crippen molar-refractivity contribution in [2.75, 3.05) is 6.54 Å². The van der Waals surface area contributed by atoms with Crippen LogP contribution in [0.5, 0.6) is 0 Å². The summed E-state index contributed by atoms with van der Waals surface area (Å²) in [7, 11) is -3.51. The van der Waals surface area contributed by atoms with Crippen LogP contribution in [-0.2, 0) is 10.0 Å². The number of aromatic nitrogens is 3. The number of benzene rings is 1. The van der Waals surface area contributed by atoms with Gasteiger partial charge in [-0.05, 0) is 32.4 Å². The number of nitrogens with zero attached hydrogens (tertiary/aromatic N) is 3. The fraction of sp³-hybridized carbons (Fsp3) is 0.385. The third kappa shape index (κ3) is 3.23. The Morgan fingerprint density at radius 3 is 2.70 bits per heavy atom. The molecule has 0 saturated heterocycles. The summed E-state index contributed by atoms with van der Waals surface area (Å²) < 4.78 is 28.8. The van der Waals surface area contributed by atoms with Crippen LogP contribution >= 0.6 is 0 Å². The molecular weight excluding hydrogens is 276 g/mol. The molecule has 1 unspecified atom stereocenters. The molecule has 0 radical (unpaired) electrons. The first-order valence-electron chi connectivity index (χ1n) is 6.31. The monoisotopic (exact) mass is 294 g/mol. The van der Waals surface area contributed by atoms with Crippen LogP contribution in [0.15, 0.2) is 35.7 Å². The number of rotatable bonds is 5. The van der Waals surface area contributed by atoms with E-state index in [2.05, 4.69) is 14.8 Å². The molecule has 0 spiro atoms. The van der Waals surface area contributed by atoms with Gasteiger partial charge >= 0.3 is 0 Å². The molecule has 0 aliphatic carbocycles. The molecule has 0 fully saturated rings. The molecule has 1 aromatic heterocycles. The third-order valence-electron chi connectivity index (χ3n) is 3.08. The summed E-state index contributed by atoms with van der Waals surface area (Å²) in [4.78, 5) is 4.16. The molecule has 20 heavy (non-hydrogen) atoms. The quantitative estimate of drug-likeness (QED) is 0.905. The number of hydrogen-bond acceptors (Lipinski definition) is 4. The van der Waals surface area contributed by atoms with E-state index in [4.69, 9.17) is 0 Å². The Balaban J connectivity index is 2.11. The van der Waals surface area contributed by atoms with Crippen molar-refractivity contribution < 1.29 is 8.42 Å². The number of hydrogen-bond donors (Lipinski definition) is 1. The van der Waals surface area contributed by atoms with Gasteiger partial charge in [-0.25, -0.2) is 22.8 Å². The number of sulfonamides is 1. The van der Waals surface area contributed by atoms with Gasteiger partial charge in [0.05, 0.1) is 10.9 Å². The average Bonchev–Trinajstić information content (AvgIpc) is 2.89. The van der Waals surface area contributed by atoms with Gasteiger partial charge in [-0.15, -0.1) is 0 Å². The minimum Gasteiger partial charge on any atom is -0.249 e. The summed E-state index contributed by atoms with van der Waals surface area (Å²) in [6.45, 7) is 5.87. The Morgan fingerprint density at radius 2 is 2.10 bits per heavy atom. The third-order valence-corrected chi connectivity index (χ3v) is 4.66. The molecular formula is C13H18N4O2S. The Morgan fingerprint density at radius 1 is 1.35 bits per heavy atom. The van der Waals surface area contributed by atoms with Crippen molar-refractivity contribution >= 4 is 10.0 Å². The van der Waals surface area contributed by atoms with Gasteiger partial charge < -0.3 is 0 Å². The Labute approximate surface area is 118 Å². The molecule has 2 aromatic rings. The largest absolute Gasteiger partial charge is 0.249 e. The number of nitrogens with one attached hydrogen (secondary N) is 1. The maximum Gasteiger partial charge on any atom is 0.240 e. The average molecular weight is 294 g/mol. The van der Waals surface area contributed by atoms with Gasteiger partial charge in [0.15, 0.2) is 0 Å². The maximum atomic E-state index is 12.3. The highest BCUT2D eigenvalue weighted by molar-refractivity contribution is 7.89. The summed E-state index contributed by atoms with van der Waals surface area (Å²) >= 11 is 0. The van der Waals surface area contributed by atoms with Crippen LogP contribution in [0.25, 0.3) is 0 Å². The van der Waals surface area contributed by atoms with E-state index in [0.717, 1.165) is 11.1 Å². The van der Waals surface area contributed by atoms with Gasteiger partial charge in [-0.2, -0.15) is 5.10 Å². The summed E-state index contributed by atoms with van der Waals surface area (Å²) in [5.41, 5.74) is 1.78. The second-order valence-electron chi connectivity index (χ2n) is 4.85. The second kappa shape index (κ2) is 5.72. The van der Waals surface area contributed by atoms with E-state index in [1.807, 2.05) is 19.9 Å².